The Labute approximate surface area is 172 Å². The van der Waals surface area contributed by atoms with Gasteiger partial charge in [0.2, 0.25) is 11.8 Å². The fourth-order valence-electron chi connectivity index (χ4n) is 3.66. The van der Waals surface area contributed by atoms with Crippen LogP contribution in [0, 0.1) is 5.92 Å². The molecule has 1 saturated heterocycles. The second-order valence-electron chi connectivity index (χ2n) is 7.30. The number of rotatable bonds is 7. The van der Waals surface area contributed by atoms with E-state index in [0.717, 1.165) is 17.7 Å². The fraction of sp³-hybridized carbons (Fsp3) is 0.391. The zero-order chi connectivity index (χ0) is 21.0. The van der Waals surface area contributed by atoms with Crippen molar-refractivity contribution in [2.75, 3.05) is 32.7 Å². The highest BCUT2D eigenvalue weighted by atomic mass is 16.5. The number of nitrogens with zero attached hydrogens (tertiary/aromatic N) is 2. The molecule has 0 radical (unpaired) electrons. The minimum absolute atomic E-state index is 0.0111. The smallest absolute Gasteiger partial charge is 0.228 e. The van der Waals surface area contributed by atoms with Crippen LogP contribution in [-0.2, 0) is 22.6 Å². The van der Waals surface area contributed by atoms with E-state index in [4.69, 9.17) is 9.47 Å². The molecule has 1 unspecified atom stereocenters. The maximum atomic E-state index is 13.0. The molecular formula is C23H28N2O4. The minimum Gasteiger partial charge on any atom is -0.497 e. The van der Waals surface area contributed by atoms with E-state index in [2.05, 4.69) is 6.92 Å². The summed E-state index contributed by atoms with van der Waals surface area (Å²) in [5.41, 5.74) is 2.96. The zero-order valence-electron chi connectivity index (χ0n) is 17.5. The van der Waals surface area contributed by atoms with Gasteiger partial charge in [-0.05, 0) is 36.2 Å². The van der Waals surface area contributed by atoms with Gasteiger partial charge in [0.05, 0.1) is 20.1 Å². The summed E-state index contributed by atoms with van der Waals surface area (Å²) in [6, 6.07) is 13.5. The van der Waals surface area contributed by atoms with Gasteiger partial charge in [0.15, 0.2) is 0 Å². The molecule has 0 spiro atoms. The van der Waals surface area contributed by atoms with Gasteiger partial charge in [-0.3, -0.25) is 9.59 Å². The van der Waals surface area contributed by atoms with Gasteiger partial charge >= 0.3 is 0 Å². The van der Waals surface area contributed by atoms with Gasteiger partial charge < -0.3 is 19.3 Å². The number of carbonyl (C=O) groups excluding carboxylic acids is 2. The Hall–Kier alpha value is -3.02. The molecule has 0 bridgehead atoms. The normalized spacial score (nSPS) is 16.1. The molecule has 1 aliphatic rings. The molecule has 0 saturated carbocycles. The number of hydrogen-bond donors (Lipinski definition) is 0. The SMILES string of the molecule is CCc1ccc(N2CC(C(=O)N(C)Cc3ccc(OC)cc3OC)CC2=O)cc1. The maximum absolute atomic E-state index is 13.0. The number of anilines is 1. The van der Waals surface area contributed by atoms with Crippen molar-refractivity contribution in [2.24, 2.45) is 5.92 Å². The van der Waals surface area contributed by atoms with E-state index in [1.807, 2.05) is 36.4 Å². The van der Waals surface area contributed by atoms with Crippen LogP contribution >= 0.6 is 0 Å². The van der Waals surface area contributed by atoms with Crippen LogP contribution in [0.2, 0.25) is 0 Å². The molecule has 1 aliphatic heterocycles. The molecule has 6 heteroatoms. The summed E-state index contributed by atoms with van der Waals surface area (Å²) in [6.07, 6.45) is 1.19. The average Bonchev–Trinajstić information content (AvgIpc) is 3.14. The fourth-order valence-corrected chi connectivity index (χ4v) is 3.66. The van der Waals surface area contributed by atoms with Crippen LogP contribution in [0.25, 0.3) is 0 Å². The summed E-state index contributed by atoms with van der Waals surface area (Å²) >= 11 is 0. The molecule has 0 aliphatic carbocycles. The van der Waals surface area contributed by atoms with E-state index in [0.29, 0.717) is 24.6 Å². The summed E-state index contributed by atoms with van der Waals surface area (Å²) in [7, 11) is 4.95. The van der Waals surface area contributed by atoms with Crippen LogP contribution in [0.5, 0.6) is 11.5 Å². The lowest BCUT2D eigenvalue weighted by Crippen LogP contribution is -2.34. The Morgan fingerprint density at radius 1 is 1.14 bits per heavy atom. The maximum Gasteiger partial charge on any atom is 0.228 e. The van der Waals surface area contributed by atoms with E-state index >= 15 is 0 Å². The summed E-state index contributed by atoms with van der Waals surface area (Å²) < 4.78 is 10.6. The number of amides is 2. The third-order valence-electron chi connectivity index (χ3n) is 5.41. The van der Waals surface area contributed by atoms with E-state index in [9.17, 15) is 9.59 Å². The predicted octanol–water partition coefficient (Wildman–Crippen LogP) is 3.28. The largest absolute Gasteiger partial charge is 0.497 e. The lowest BCUT2D eigenvalue weighted by molar-refractivity contribution is -0.135. The standard InChI is InChI=1S/C23H28N2O4/c1-5-16-6-9-19(10-7-16)25-15-18(12-22(25)26)23(27)24(2)14-17-8-11-20(28-3)13-21(17)29-4/h6-11,13,18H,5,12,14-15H2,1-4H3. The Kier molecular flexibility index (Phi) is 6.42. The van der Waals surface area contributed by atoms with E-state index in [1.165, 1.54) is 5.56 Å². The molecular weight excluding hydrogens is 368 g/mol. The number of benzene rings is 2. The Morgan fingerprint density at radius 2 is 1.86 bits per heavy atom. The highest BCUT2D eigenvalue weighted by Crippen LogP contribution is 2.29. The molecule has 1 fully saturated rings. The Bertz CT molecular complexity index is 879. The van der Waals surface area contributed by atoms with Crippen molar-refractivity contribution >= 4 is 17.5 Å². The molecule has 2 amide bonds. The first-order valence-corrected chi connectivity index (χ1v) is 9.82. The van der Waals surface area contributed by atoms with Gasteiger partial charge in [0.25, 0.3) is 0 Å². The van der Waals surface area contributed by atoms with Crippen LogP contribution < -0.4 is 14.4 Å². The van der Waals surface area contributed by atoms with Gasteiger partial charge in [-0.2, -0.15) is 0 Å². The van der Waals surface area contributed by atoms with Crippen LogP contribution in [0.4, 0.5) is 5.69 Å². The Balaban J connectivity index is 1.68. The molecule has 2 aromatic rings. The quantitative estimate of drug-likeness (QED) is 0.721. The average molecular weight is 396 g/mol. The number of carbonyl (C=O) groups is 2. The van der Waals surface area contributed by atoms with Crippen LogP contribution in [0.15, 0.2) is 42.5 Å². The van der Waals surface area contributed by atoms with E-state index in [1.54, 1.807) is 37.1 Å². The first kappa shape index (κ1) is 20.7. The van der Waals surface area contributed by atoms with Gasteiger partial charge in [0, 0.05) is 43.9 Å². The lowest BCUT2D eigenvalue weighted by Gasteiger charge is -2.22. The summed E-state index contributed by atoms with van der Waals surface area (Å²) in [6.45, 7) is 2.91. The third-order valence-corrected chi connectivity index (χ3v) is 5.41. The first-order chi connectivity index (χ1) is 14.0. The molecule has 0 aromatic heterocycles. The highest BCUT2D eigenvalue weighted by molar-refractivity contribution is 6.00. The second kappa shape index (κ2) is 8.99. The molecule has 1 heterocycles. The molecule has 3 rings (SSSR count). The number of ether oxygens (including phenoxy) is 2. The topological polar surface area (TPSA) is 59.1 Å². The Morgan fingerprint density at radius 3 is 2.48 bits per heavy atom. The second-order valence-corrected chi connectivity index (χ2v) is 7.30. The molecule has 6 nitrogen and oxygen atoms in total. The number of aryl methyl sites for hydroxylation is 1. The number of methoxy groups -OCH3 is 2. The van der Waals surface area contributed by atoms with Crippen LogP contribution in [-0.4, -0.2) is 44.5 Å². The van der Waals surface area contributed by atoms with E-state index < -0.39 is 0 Å². The summed E-state index contributed by atoms with van der Waals surface area (Å²) in [4.78, 5) is 28.9. The molecule has 154 valence electrons. The highest BCUT2D eigenvalue weighted by Gasteiger charge is 2.36. The van der Waals surface area contributed by atoms with Crippen molar-refractivity contribution in [3.63, 3.8) is 0 Å². The third kappa shape index (κ3) is 4.53. The molecule has 29 heavy (non-hydrogen) atoms. The molecule has 2 aromatic carbocycles. The van der Waals surface area contributed by atoms with Crippen molar-refractivity contribution in [2.45, 2.75) is 26.3 Å². The summed E-state index contributed by atoms with van der Waals surface area (Å²) in [5.74, 6) is 0.976. The molecule has 0 N–H and O–H groups in total. The predicted molar refractivity (Wildman–Crippen MR) is 112 cm³/mol. The zero-order valence-corrected chi connectivity index (χ0v) is 17.5. The van der Waals surface area contributed by atoms with Gasteiger partial charge in [-0.15, -0.1) is 0 Å². The van der Waals surface area contributed by atoms with Crippen molar-refractivity contribution in [1.82, 2.24) is 4.90 Å². The van der Waals surface area contributed by atoms with Crippen molar-refractivity contribution < 1.29 is 19.1 Å². The van der Waals surface area contributed by atoms with E-state index in [-0.39, 0.29) is 24.2 Å². The van der Waals surface area contributed by atoms with Crippen molar-refractivity contribution in [3.05, 3.63) is 53.6 Å². The first-order valence-electron chi connectivity index (χ1n) is 9.82. The van der Waals surface area contributed by atoms with Crippen LogP contribution in [0.1, 0.15) is 24.5 Å². The van der Waals surface area contributed by atoms with Crippen molar-refractivity contribution in [1.29, 1.82) is 0 Å². The summed E-state index contributed by atoms with van der Waals surface area (Å²) in [5, 5.41) is 0. The van der Waals surface area contributed by atoms with Gasteiger partial charge in [0.1, 0.15) is 11.5 Å². The lowest BCUT2D eigenvalue weighted by atomic mass is 10.1. The monoisotopic (exact) mass is 396 g/mol. The van der Waals surface area contributed by atoms with Crippen LogP contribution in [0.3, 0.4) is 0 Å². The van der Waals surface area contributed by atoms with Gasteiger partial charge in [-0.1, -0.05) is 19.1 Å². The molecule has 1 atom stereocenters. The van der Waals surface area contributed by atoms with Crippen molar-refractivity contribution in [3.8, 4) is 11.5 Å². The minimum atomic E-state index is -0.345. The number of hydrogen-bond acceptors (Lipinski definition) is 4. The van der Waals surface area contributed by atoms with Gasteiger partial charge in [-0.25, -0.2) is 0 Å².